The third-order valence-corrected chi connectivity index (χ3v) is 16.1. The van der Waals surface area contributed by atoms with Gasteiger partial charge >= 0.3 is 0 Å². The molecule has 1 spiro atoms. The molecule has 0 bridgehead atoms. The average molecular weight is 871 g/mol. The topological polar surface area (TPSA) is 6.48 Å². The van der Waals surface area contributed by atoms with Crippen molar-refractivity contribution >= 4 is 44.9 Å². The van der Waals surface area contributed by atoms with Crippen LogP contribution in [0.3, 0.4) is 0 Å². The molecule has 3 atom stereocenters. The monoisotopic (exact) mass is 870 g/mol. The van der Waals surface area contributed by atoms with Crippen molar-refractivity contribution in [3.05, 3.63) is 264 Å². The van der Waals surface area contributed by atoms with E-state index in [1.165, 1.54) is 124 Å². The van der Waals surface area contributed by atoms with Gasteiger partial charge in [-0.2, -0.15) is 0 Å². The highest BCUT2D eigenvalue weighted by atomic mass is 15.2. The van der Waals surface area contributed by atoms with E-state index in [1.54, 1.807) is 0 Å². The molecule has 1 saturated carbocycles. The van der Waals surface area contributed by atoms with Crippen LogP contribution in [-0.4, -0.2) is 0 Å². The Hall–Kier alpha value is -7.94. The molecule has 0 aliphatic heterocycles. The Morgan fingerprint density at radius 2 is 0.868 bits per heavy atom. The molecule has 14 rings (SSSR count). The molecular weight excluding hydrogens is 821 g/mol. The zero-order valence-corrected chi connectivity index (χ0v) is 38.0. The molecule has 10 aromatic carbocycles. The molecule has 0 N–H and O–H groups in total. The largest absolute Gasteiger partial charge is 0.310 e. The molecule has 4 aliphatic rings. The number of rotatable bonds is 8. The van der Waals surface area contributed by atoms with Gasteiger partial charge in [0.15, 0.2) is 0 Å². The molecule has 0 aromatic heterocycles. The Kier molecular flexibility index (Phi) is 8.99. The number of fused-ring (bicyclic) bond motifs is 6. The van der Waals surface area contributed by atoms with Crippen molar-refractivity contribution in [3.63, 3.8) is 0 Å². The first-order valence-corrected chi connectivity index (χ1v) is 24.6. The maximum atomic E-state index is 2.63. The summed E-state index contributed by atoms with van der Waals surface area (Å²) >= 11 is 0. The van der Waals surface area contributed by atoms with E-state index in [0.29, 0.717) is 11.8 Å². The summed E-state index contributed by atoms with van der Waals surface area (Å²) in [6.07, 6.45) is 5.63. The minimum absolute atomic E-state index is 0.138. The second-order valence-electron chi connectivity index (χ2n) is 19.5. The standard InChI is InChI=1S/C66H50N2/c1-4-17-46(18-5-1)63-59-27-13-10-16-44(59)32-38-60(63)45-30-35-55(36-31-45)68(56-37-39-58-50(43-56)40-47-19-11-12-26-57(47)58)62-29-15-21-49-42-52-34-33-51-41-48-20-14-28-61(64(48)66(51,52)65(49)62)67(53-22-6-2-7-23-53)54-24-8-3-9-25-54/h1-32,35-39,43,51-52H,33-34,40-42H2. The van der Waals surface area contributed by atoms with Gasteiger partial charge in [0.1, 0.15) is 0 Å². The minimum Gasteiger partial charge on any atom is -0.310 e. The predicted molar refractivity (Wildman–Crippen MR) is 283 cm³/mol. The van der Waals surface area contributed by atoms with E-state index >= 15 is 0 Å². The van der Waals surface area contributed by atoms with Crippen LogP contribution in [0.2, 0.25) is 0 Å². The number of para-hydroxylation sites is 2. The molecule has 4 aliphatic carbocycles. The molecule has 3 unspecified atom stereocenters. The third-order valence-electron chi connectivity index (χ3n) is 16.1. The Balaban J connectivity index is 0.977. The summed E-state index contributed by atoms with van der Waals surface area (Å²) in [6.45, 7) is 0. The smallest absolute Gasteiger partial charge is 0.0505 e. The molecule has 324 valence electrons. The average Bonchev–Trinajstić information content (AvgIpc) is 4.14. The van der Waals surface area contributed by atoms with Crippen molar-refractivity contribution in [1.82, 2.24) is 0 Å². The van der Waals surface area contributed by atoms with Gasteiger partial charge in [-0.1, -0.05) is 170 Å². The molecule has 2 nitrogen and oxygen atoms in total. The van der Waals surface area contributed by atoms with Crippen LogP contribution < -0.4 is 9.80 Å². The Labute approximate surface area is 399 Å². The molecular formula is C66H50N2. The number of hydrogen-bond donors (Lipinski definition) is 0. The zero-order chi connectivity index (χ0) is 44.8. The number of nitrogens with zero attached hydrogens (tertiary/aromatic N) is 2. The lowest BCUT2D eigenvalue weighted by atomic mass is 9.68. The van der Waals surface area contributed by atoms with E-state index in [9.17, 15) is 0 Å². The first kappa shape index (κ1) is 39.2. The zero-order valence-electron chi connectivity index (χ0n) is 38.0. The number of benzene rings is 10. The van der Waals surface area contributed by atoms with Gasteiger partial charge in [-0.3, -0.25) is 0 Å². The van der Waals surface area contributed by atoms with Crippen molar-refractivity contribution in [3.8, 4) is 33.4 Å². The lowest BCUT2D eigenvalue weighted by Crippen LogP contribution is -2.34. The van der Waals surface area contributed by atoms with Crippen LogP contribution >= 0.6 is 0 Å². The van der Waals surface area contributed by atoms with Crippen molar-refractivity contribution < 1.29 is 0 Å². The van der Waals surface area contributed by atoms with Gasteiger partial charge < -0.3 is 9.80 Å². The van der Waals surface area contributed by atoms with Crippen LogP contribution in [0.4, 0.5) is 34.1 Å². The summed E-state index contributed by atoms with van der Waals surface area (Å²) in [5.41, 5.74) is 23.8. The van der Waals surface area contributed by atoms with Crippen molar-refractivity contribution in [2.75, 3.05) is 9.80 Å². The summed E-state index contributed by atoms with van der Waals surface area (Å²) in [6, 6.07) is 86.6. The summed E-state index contributed by atoms with van der Waals surface area (Å²) in [4.78, 5) is 5.17. The van der Waals surface area contributed by atoms with Gasteiger partial charge in [-0.05, 0) is 182 Å². The maximum Gasteiger partial charge on any atom is 0.0505 e. The molecule has 1 fully saturated rings. The van der Waals surface area contributed by atoms with Gasteiger partial charge in [0.25, 0.3) is 0 Å². The van der Waals surface area contributed by atoms with Gasteiger partial charge in [-0.25, -0.2) is 0 Å². The molecule has 0 saturated heterocycles. The van der Waals surface area contributed by atoms with Gasteiger partial charge in [-0.15, -0.1) is 0 Å². The molecule has 2 heteroatoms. The molecule has 10 aromatic rings. The van der Waals surface area contributed by atoms with E-state index in [1.807, 2.05) is 0 Å². The second-order valence-corrected chi connectivity index (χ2v) is 19.5. The molecule has 0 heterocycles. The lowest BCUT2D eigenvalue weighted by molar-refractivity contribution is 0.350. The second kappa shape index (κ2) is 15.6. The van der Waals surface area contributed by atoms with Crippen LogP contribution in [0, 0.1) is 11.8 Å². The fourth-order valence-electron chi connectivity index (χ4n) is 13.5. The SMILES string of the molecule is c1ccc(-c2c(-c3ccc(N(c4ccc5c(c4)Cc4ccccc4-5)c4cccc5c4C46c7c(cccc7N(c7ccccc7)c7ccccc7)CC4CCC6C5)cc3)ccc3ccccc23)cc1. The lowest BCUT2D eigenvalue weighted by Gasteiger charge is -2.40. The summed E-state index contributed by atoms with van der Waals surface area (Å²) in [5, 5.41) is 2.53. The molecule has 0 radical (unpaired) electrons. The minimum atomic E-state index is -0.138. The highest BCUT2D eigenvalue weighted by Gasteiger charge is 2.62. The highest BCUT2D eigenvalue weighted by Crippen LogP contribution is 2.69. The van der Waals surface area contributed by atoms with E-state index in [-0.39, 0.29) is 5.41 Å². The van der Waals surface area contributed by atoms with Crippen LogP contribution in [0.5, 0.6) is 0 Å². The normalized spacial score (nSPS) is 18.1. The first-order chi connectivity index (χ1) is 33.7. The molecule has 0 amide bonds. The number of anilines is 6. The van der Waals surface area contributed by atoms with E-state index in [0.717, 1.165) is 19.3 Å². The highest BCUT2D eigenvalue weighted by molar-refractivity contribution is 6.04. The van der Waals surface area contributed by atoms with Crippen LogP contribution in [-0.2, 0) is 24.7 Å². The van der Waals surface area contributed by atoms with Crippen LogP contribution in [0.25, 0.3) is 44.2 Å². The van der Waals surface area contributed by atoms with Gasteiger partial charge in [0.2, 0.25) is 0 Å². The maximum absolute atomic E-state index is 2.63. The Bertz CT molecular complexity index is 3510. The van der Waals surface area contributed by atoms with Crippen molar-refractivity contribution in [2.45, 2.75) is 37.5 Å². The fourth-order valence-corrected chi connectivity index (χ4v) is 13.5. The van der Waals surface area contributed by atoms with Gasteiger partial charge in [0.05, 0.1) is 11.4 Å². The van der Waals surface area contributed by atoms with E-state index in [4.69, 9.17) is 0 Å². The summed E-state index contributed by atoms with van der Waals surface area (Å²) < 4.78 is 0. The predicted octanol–water partition coefficient (Wildman–Crippen LogP) is 17.1. The van der Waals surface area contributed by atoms with Crippen LogP contribution in [0.1, 0.15) is 46.2 Å². The number of hydrogen-bond acceptors (Lipinski definition) is 2. The van der Waals surface area contributed by atoms with E-state index in [2.05, 4.69) is 240 Å². The third kappa shape index (κ3) is 5.90. The van der Waals surface area contributed by atoms with Crippen LogP contribution in [0.15, 0.2) is 231 Å². The Morgan fingerprint density at radius 1 is 0.353 bits per heavy atom. The van der Waals surface area contributed by atoms with E-state index < -0.39 is 0 Å². The summed E-state index contributed by atoms with van der Waals surface area (Å²) in [5.74, 6) is 1.03. The first-order valence-electron chi connectivity index (χ1n) is 24.6. The summed E-state index contributed by atoms with van der Waals surface area (Å²) in [7, 11) is 0. The fraction of sp³-hybridized carbons (Fsp3) is 0.121. The quantitative estimate of drug-likeness (QED) is 0.150. The molecule has 68 heavy (non-hydrogen) atoms. The Morgan fingerprint density at radius 3 is 1.54 bits per heavy atom. The van der Waals surface area contributed by atoms with Crippen molar-refractivity contribution in [1.29, 1.82) is 0 Å². The van der Waals surface area contributed by atoms with Gasteiger partial charge in [0, 0.05) is 28.2 Å². The van der Waals surface area contributed by atoms with Crippen molar-refractivity contribution in [2.24, 2.45) is 11.8 Å².